The maximum atomic E-state index is 12.7. The normalized spacial score (nSPS) is 27.5. The summed E-state index contributed by atoms with van der Waals surface area (Å²) in [5.74, 6) is 0. The van der Waals surface area contributed by atoms with Gasteiger partial charge < -0.3 is 30.5 Å². The number of hydrogen-bond donors (Lipinski definition) is 4. The van der Waals surface area contributed by atoms with E-state index in [0.29, 0.717) is 38.0 Å². The minimum Gasteiger partial charge on any atom is -0.465 e. The molecule has 0 bridgehead atoms. The van der Waals surface area contributed by atoms with Crippen LogP contribution < -0.4 is 16.0 Å². The molecule has 238 valence electrons. The van der Waals surface area contributed by atoms with Crippen molar-refractivity contribution < 1.29 is 29.0 Å². The van der Waals surface area contributed by atoms with Gasteiger partial charge in [-0.25, -0.2) is 14.4 Å². The third-order valence-corrected chi connectivity index (χ3v) is 8.77. The van der Waals surface area contributed by atoms with Gasteiger partial charge in [0.1, 0.15) is 13.2 Å². The molecule has 0 aliphatic heterocycles. The second-order valence-electron chi connectivity index (χ2n) is 15.8. The molecule has 0 aromatic rings. The van der Waals surface area contributed by atoms with Crippen LogP contribution in [0.15, 0.2) is 0 Å². The molecule has 0 heterocycles. The van der Waals surface area contributed by atoms with E-state index in [-0.39, 0.29) is 47.1 Å². The minimum atomic E-state index is -1.04. The number of carboxylic acid groups (broad SMARTS) is 1. The Morgan fingerprint density at radius 2 is 1.37 bits per heavy atom. The summed E-state index contributed by atoms with van der Waals surface area (Å²) in [4.78, 5) is 38.3. The molecule has 0 aromatic carbocycles. The van der Waals surface area contributed by atoms with Crippen molar-refractivity contribution in [2.75, 3.05) is 39.4 Å². The summed E-state index contributed by atoms with van der Waals surface area (Å²) in [5.41, 5.74) is -0.0915. The van der Waals surface area contributed by atoms with Gasteiger partial charge in [0.05, 0.1) is 0 Å². The Hall–Kier alpha value is -2.23. The van der Waals surface area contributed by atoms with Gasteiger partial charge in [-0.3, -0.25) is 4.90 Å². The van der Waals surface area contributed by atoms with Crippen molar-refractivity contribution in [2.45, 2.75) is 119 Å². The first-order valence-corrected chi connectivity index (χ1v) is 15.3. The number of amides is 3. The Morgan fingerprint density at radius 1 is 0.805 bits per heavy atom. The molecule has 3 unspecified atom stereocenters. The van der Waals surface area contributed by atoms with Crippen molar-refractivity contribution in [1.82, 2.24) is 20.9 Å². The number of nitrogens with zero attached hydrogens (tertiary/aromatic N) is 1. The number of nitrogens with one attached hydrogen (secondary N) is 3. The van der Waals surface area contributed by atoms with Crippen molar-refractivity contribution in [1.29, 1.82) is 0 Å². The highest BCUT2D eigenvalue weighted by molar-refractivity contribution is 5.68. The molecule has 4 N–H and O–H groups in total. The van der Waals surface area contributed by atoms with E-state index in [9.17, 15) is 14.4 Å². The van der Waals surface area contributed by atoms with E-state index in [1.165, 1.54) is 12.8 Å². The van der Waals surface area contributed by atoms with Crippen molar-refractivity contribution in [3.63, 3.8) is 0 Å². The maximum Gasteiger partial charge on any atom is 0.407 e. The van der Waals surface area contributed by atoms with E-state index >= 15 is 0 Å². The first kappa shape index (κ1) is 35.0. The second kappa shape index (κ2) is 13.8. The summed E-state index contributed by atoms with van der Waals surface area (Å²) in [5, 5.41) is 17.5. The van der Waals surface area contributed by atoms with Gasteiger partial charge in [-0.1, -0.05) is 48.0 Å². The summed E-state index contributed by atoms with van der Waals surface area (Å²) in [6, 6.07) is -0.0978. The highest BCUT2D eigenvalue weighted by atomic mass is 16.6. The van der Waals surface area contributed by atoms with E-state index < -0.39 is 12.2 Å². The SMILES string of the molecule is CC1(C)CCCC(C)(CNC(=O)OCCN(CCOC(=O)NC2CC(C)(C)CC(C)(CNC(=O)O)C2)C(C)(C)C)C1. The summed E-state index contributed by atoms with van der Waals surface area (Å²) >= 11 is 0. The van der Waals surface area contributed by atoms with E-state index in [2.05, 4.69) is 83.2 Å². The van der Waals surface area contributed by atoms with E-state index in [1.54, 1.807) is 0 Å². The molecule has 2 aliphatic carbocycles. The lowest BCUT2D eigenvalue weighted by atomic mass is 9.62. The van der Waals surface area contributed by atoms with Crippen LogP contribution in [0.2, 0.25) is 0 Å². The predicted molar refractivity (Wildman–Crippen MR) is 161 cm³/mol. The molecule has 2 aliphatic rings. The Kier molecular flexibility index (Phi) is 11.8. The van der Waals surface area contributed by atoms with Crippen molar-refractivity contribution in [2.24, 2.45) is 21.7 Å². The van der Waals surface area contributed by atoms with Crippen LogP contribution in [-0.2, 0) is 9.47 Å². The molecule has 41 heavy (non-hydrogen) atoms. The smallest absolute Gasteiger partial charge is 0.407 e. The zero-order valence-corrected chi connectivity index (χ0v) is 27.2. The maximum absolute atomic E-state index is 12.7. The fourth-order valence-electron chi connectivity index (χ4n) is 7.46. The third-order valence-electron chi connectivity index (χ3n) is 8.77. The molecule has 2 saturated carbocycles. The average Bonchev–Trinajstić information content (AvgIpc) is 2.78. The summed E-state index contributed by atoms with van der Waals surface area (Å²) < 4.78 is 11.0. The topological polar surface area (TPSA) is 129 Å². The Balaban J connectivity index is 1.76. The molecule has 10 nitrogen and oxygen atoms in total. The fourth-order valence-corrected chi connectivity index (χ4v) is 7.46. The van der Waals surface area contributed by atoms with Gasteiger partial charge in [0, 0.05) is 37.8 Å². The first-order valence-electron chi connectivity index (χ1n) is 15.3. The quantitative estimate of drug-likeness (QED) is 0.235. The zero-order chi connectivity index (χ0) is 31.1. The van der Waals surface area contributed by atoms with Gasteiger partial charge in [0.15, 0.2) is 0 Å². The highest BCUT2D eigenvalue weighted by Gasteiger charge is 2.42. The van der Waals surface area contributed by atoms with Gasteiger partial charge >= 0.3 is 18.3 Å². The number of rotatable bonds is 11. The van der Waals surface area contributed by atoms with Crippen molar-refractivity contribution in [3.8, 4) is 0 Å². The van der Waals surface area contributed by atoms with Gasteiger partial charge in [0.25, 0.3) is 0 Å². The molecule has 0 saturated heterocycles. The molecule has 2 rings (SSSR count). The highest BCUT2D eigenvalue weighted by Crippen LogP contribution is 2.46. The van der Waals surface area contributed by atoms with Gasteiger partial charge in [-0.2, -0.15) is 0 Å². The van der Waals surface area contributed by atoms with E-state index in [0.717, 1.165) is 25.7 Å². The summed E-state index contributed by atoms with van der Waals surface area (Å²) in [6.07, 6.45) is 5.06. The average molecular weight is 583 g/mol. The van der Waals surface area contributed by atoms with Gasteiger partial charge in [-0.05, 0) is 81.0 Å². The van der Waals surface area contributed by atoms with Crippen LogP contribution in [0.5, 0.6) is 0 Å². The molecule has 3 atom stereocenters. The van der Waals surface area contributed by atoms with Crippen molar-refractivity contribution in [3.05, 3.63) is 0 Å². The largest absolute Gasteiger partial charge is 0.465 e. The summed E-state index contributed by atoms with van der Waals surface area (Å²) in [7, 11) is 0. The molecule has 0 spiro atoms. The minimum absolute atomic E-state index is 0.0365. The summed E-state index contributed by atoms with van der Waals surface area (Å²) in [6.45, 7) is 21.9. The van der Waals surface area contributed by atoms with Gasteiger partial charge in [-0.15, -0.1) is 0 Å². The lowest BCUT2D eigenvalue weighted by Gasteiger charge is -2.46. The predicted octanol–water partition coefficient (Wildman–Crippen LogP) is 6.00. The molecule has 0 radical (unpaired) electrons. The van der Waals surface area contributed by atoms with Crippen molar-refractivity contribution >= 4 is 18.3 Å². The molecule has 2 fully saturated rings. The van der Waals surface area contributed by atoms with Crippen LogP contribution in [0.3, 0.4) is 0 Å². The van der Waals surface area contributed by atoms with Crippen LogP contribution in [0.1, 0.15) is 107 Å². The second-order valence-corrected chi connectivity index (χ2v) is 15.8. The Morgan fingerprint density at radius 3 is 1.93 bits per heavy atom. The number of hydrogen-bond acceptors (Lipinski definition) is 6. The van der Waals surface area contributed by atoms with Crippen LogP contribution in [0.25, 0.3) is 0 Å². The van der Waals surface area contributed by atoms with Crippen LogP contribution >= 0.6 is 0 Å². The molecular weight excluding hydrogens is 524 g/mol. The Bertz CT molecular complexity index is 902. The standard InChI is InChI=1S/C31H58N4O6/c1-27(2,3)35(13-15-40-25(38)33-21-30(8)12-10-11-28(4,5)19-30)14-16-41-26(39)34-23-17-29(6,7)20-31(9,18-23)22-32-24(36)37/h23,32H,10-22H2,1-9H3,(H,33,38)(H,34,39)(H,36,37). The molecule has 3 amide bonds. The number of alkyl carbamates (subject to hydrolysis) is 2. The lowest BCUT2D eigenvalue weighted by Crippen LogP contribution is -2.50. The molecule has 0 aromatic heterocycles. The number of ether oxygens (including phenoxy) is 2. The molecule has 10 heteroatoms. The van der Waals surface area contributed by atoms with E-state index in [4.69, 9.17) is 14.6 Å². The van der Waals surface area contributed by atoms with Crippen LogP contribution in [-0.4, -0.2) is 79.3 Å². The third kappa shape index (κ3) is 12.7. The van der Waals surface area contributed by atoms with Gasteiger partial charge in [0.2, 0.25) is 0 Å². The van der Waals surface area contributed by atoms with E-state index in [1.807, 2.05) is 0 Å². The zero-order valence-electron chi connectivity index (χ0n) is 27.2. The molecular formula is C31H58N4O6. The Labute approximate surface area is 248 Å². The van der Waals surface area contributed by atoms with Crippen LogP contribution in [0, 0.1) is 21.7 Å². The first-order chi connectivity index (χ1) is 18.7. The fraction of sp³-hybridized carbons (Fsp3) is 0.903. The number of carbonyl (C=O) groups excluding carboxylic acids is 2. The lowest BCUT2D eigenvalue weighted by molar-refractivity contribution is 0.0510. The number of carbonyl (C=O) groups is 3. The monoisotopic (exact) mass is 582 g/mol. The van der Waals surface area contributed by atoms with Crippen LogP contribution in [0.4, 0.5) is 14.4 Å².